The van der Waals surface area contributed by atoms with Gasteiger partial charge in [0.05, 0.1) is 9.75 Å². The van der Waals surface area contributed by atoms with E-state index in [1.807, 2.05) is 12.5 Å². The molecular formula is C11H13N5S4. The molecule has 0 aliphatic carbocycles. The number of fused-ring (bicyclic) bond motifs is 2. The highest BCUT2D eigenvalue weighted by Crippen LogP contribution is 2.37. The van der Waals surface area contributed by atoms with Gasteiger partial charge in [0.15, 0.2) is 8.68 Å². The van der Waals surface area contributed by atoms with Crippen LogP contribution in [0.1, 0.15) is 9.75 Å². The second-order valence-corrected chi connectivity index (χ2v) is 8.18. The molecule has 2 N–H and O–H groups in total. The summed E-state index contributed by atoms with van der Waals surface area (Å²) in [6.07, 6.45) is 4.95. The Morgan fingerprint density at radius 2 is 1.50 bits per heavy atom. The van der Waals surface area contributed by atoms with Gasteiger partial charge in [-0.05, 0) is 12.5 Å². The van der Waals surface area contributed by atoms with Gasteiger partial charge in [-0.25, -0.2) is 9.97 Å². The molecule has 0 spiro atoms. The number of thiazole rings is 2. The van der Waals surface area contributed by atoms with E-state index in [1.165, 1.54) is 9.75 Å². The first-order valence-corrected chi connectivity index (χ1v) is 9.90. The Hall–Kier alpha value is -0.770. The largest absolute Gasteiger partial charge is 0.310 e. The van der Waals surface area contributed by atoms with Gasteiger partial charge in [0.2, 0.25) is 5.96 Å². The Labute approximate surface area is 133 Å². The van der Waals surface area contributed by atoms with E-state index in [0.29, 0.717) is 5.96 Å². The molecule has 2 aromatic heterocycles. The van der Waals surface area contributed by atoms with Crippen LogP contribution in [0.25, 0.3) is 0 Å². The molecule has 0 amide bonds. The van der Waals surface area contributed by atoms with Crippen molar-refractivity contribution in [2.45, 2.75) is 15.1 Å². The predicted molar refractivity (Wildman–Crippen MR) is 91.2 cm³/mol. The van der Waals surface area contributed by atoms with Crippen molar-refractivity contribution in [3.05, 3.63) is 9.75 Å². The number of nitrogens with zero attached hydrogens (tertiary/aromatic N) is 3. The van der Waals surface area contributed by atoms with Crippen molar-refractivity contribution in [3.63, 3.8) is 0 Å². The molecule has 0 saturated heterocycles. The molecule has 0 unspecified atom stereocenters. The molecule has 0 fully saturated rings. The number of anilines is 2. The Kier molecular flexibility index (Phi) is 4.20. The van der Waals surface area contributed by atoms with Crippen LogP contribution in [-0.4, -0.2) is 35.5 Å². The van der Waals surface area contributed by atoms with Crippen molar-refractivity contribution < 1.29 is 0 Å². The monoisotopic (exact) mass is 343 g/mol. The van der Waals surface area contributed by atoms with Crippen molar-refractivity contribution in [3.8, 4) is 0 Å². The van der Waals surface area contributed by atoms with Crippen LogP contribution in [0, 0.1) is 0 Å². The van der Waals surface area contributed by atoms with Gasteiger partial charge in [-0.2, -0.15) is 0 Å². The molecule has 3 rings (SSSR count). The number of hydrogen-bond donors (Lipinski definition) is 2. The molecule has 0 saturated carbocycles. The van der Waals surface area contributed by atoms with E-state index in [4.69, 9.17) is 0 Å². The van der Waals surface area contributed by atoms with Gasteiger partial charge in [-0.15, -0.1) is 22.7 Å². The van der Waals surface area contributed by atoms with Crippen LogP contribution < -0.4 is 10.6 Å². The van der Waals surface area contributed by atoms with Crippen LogP contribution in [0.15, 0.2) is 13.7 Å². The van der Waals surface area contributed by atoms with Crippen molar-refractivity contribution in [2.75, 3.05) is 30.2 Å². The van der Waals surface area contributed by atoms with Gasteiger partial charge >= 0.3 is 0 Å². The summed E-state index contributed by atoms with van der Waals surface area (Å²) in [5.74, 6) is 2.48. The fraction of sp³-hybridized carbons (Fsp3) is 0.364. The first-order chi connectivity index (χ1) is 9.73. The smallest absolute Gasteiger partial charge is 0.202 e. The Morgan fingerprint density at radius 1 is 1.00 bits per heavy atom. The first-order valence-electron chi connectivity index (χ1n) is 5.81. The molecule has 9 heteroatoms. The van der Waals surface area contributed by atoms with Crippen LogP contribution in [0.5, 0.6) is 0 Å². The molecule has 1 aliphatic rings. The van der Waals surface area contributed by atoms with Crippen molar-refractivity contribution in [1.29, 1.82) is 0 Å². The van der Waals surface area contributed by atoms with E-state index in [2.05, 4.69) is 25.6 Å². The lowest BCUT2D eigenvalue weighted by atomic mass is 10.3. The third-order valence-corrected chi connectivity index (χ3v) is 6.80. The molecule has 0 bridgehead atoms. The molecule has 0 aromatic carbocycles. The molecule has 106 valence electrons. The van der Waals surface area contributed by atoms with E-state index >= 15 is 0 Å². The molecule has 3 heterocycles. The number of nitrogens with one attached hydrogen (secondary N) is 2. The number of hydrogen-bond acceptors (Lipinski definition) is 7. The number of guanidine groups is 1. The Morgan fingerprint density at radius 3 is 1.90 bits per heavy atom. The maximum atomic E-state index is 4.60. The van der Waals surface area contributed by atoms with Gasteiger partial charge in [0, 0.05) is 13.5 Å². The third-order valence-electron chi connectivity index (χ3n) is 2.72. The lowest BCUT2D eigenvalue weighted by Crippen LogP contribution is -2.24. The summed E-state index contributed by atoms with van der Waals surface area (Å²) in [4.78, 5) is 15.9. The summed E-state index contributed by atoms with van der Waals surface area (Å²) >= 11 is 6.79. The summed E-state index contributed by atoms with van der Waals surface area (Å²) in [5, 5.41) is 6.51. The number of aliphatic imine (C=N–C) groups is 1. The number of thioether (sulfide) groups is 2. The summed E-state index contributed by atoms with van der Waals surface area (Å²) in [6, 6.07) is 0. The van der Waals surface area contributed by atoms with Crippen LogP contribution in [0.3, 0.4) is 0 Å². The molecule has 0 atom stereocenters. The minimum atomic E-state index is 0.683. The second-order valence-electron chi connectivity index (χ2n) is 3.91. The Bertz CT molecular complexity index is 608. The molecule has 0 radical (unpaired) electrons. The topological polar surface area (TPSA) is 62.2 Å². The standard InChI is InChI=1S/C11H13N5S4/c1-12-9-13-7-5(19-10(15-7)17-2)4-6-8(14-9)16-11(18-3)20-6/h4H2,1-3H3,(H2,12,13,14). The average Bonchev–Trinajstić information content (AvgIpc) is 3.01. The van der Waals surface area contributed by atoms with Crippen LogP contribution >= 0.6 is 46.2 Å². The van der Waals surface area contributed by atoms with Crippen LogP contribution in [0.2, 0.25) is 0 Å². The molecule has 2 aromatic rings. The zero-order valence-corrected chi connectivity index (χ0v) is 14.4. The highest BCUT2D eigenvalue weighted by molar-refractivity contribution is 8.00. The molecule has 1 aliphatic heterocycles. The van der Waals surface area contributed by atoms with E-state index in [9.17, 15) is 0 Å². The lowest BCUT2D eigenvalue weighted by molar-refractivity contribution is 1.17. The number of rotatable bonds is 2. The highest BCUT2D eigenvalue weighted by atomic mass is 32.2. The van der Waals surface area contributed by atoms with Gasteiger partial charge in [0.25, 0.3) is 0 Å². The normalized spacial score (nSPS) is 13.7. The quantitative estimate of drug-likeness (QED) is 0.814. The Balaban J connectivity index is 2.07. The molecule has 20 heavy (non-hydrogen) atoms. The van der Waals surface area contributed by atoms with Crippen molar-refractivity contribution >= 4 is 63.8 Å². The minimum Gasteiger partial charge on any atom is -0.310 e. The second kappa shape index (κ2) is 5.92. The maximum absolute atomic E-state index is 4.60. The van der Waals surface area contributed by atoms with E-state index in [1.54, 1.807) is 53.2 Å². The van der Waals surface area contributed by atoms with Crippen molar-refractivity contribution in [1.82, 2.24) is 9.97 Å². The summed E-state index contributed by atoms with van der Waals surface area (Å²) in [5.41, 5.74) is 0. The average molecular weight is 344 g/mol. The van der Waals surface area contributed by atoms with Gasteiger partial charge in [-0.3, -0.25) is 4.99 Å². The predicted octanol–water partition coefficient (Wildman–Crippen LogP) is 3.46. The minimum absolute atomic E-state index is 0.683. The maximum Gasteiger partial charge on any atom is 0.202 e. The fourth-order valence-electron chi connectivity index (χ4n) is 1.78. The van der Waals surface area contributed by atoms with Crippen molar-refractivity contribution in [2.24, 2.45) is 4.99 Å². The fourth-order valence-corrected chi connectivity index (χ4v) is 5.02. The number of aromatic nitrogens is 2. The first kappa shape index (κ1) is 14.2. The van der Waals surface area contributed by atoms with Gasteiger partial charge < -0.3 is 10.6 Å². The van der Waals surface area contributed by atoms with Crippen LogP contribution in [-0.2, 0) is 6.42 Å². The third kappa shape index (κ3) is 2.67. The van der Waals surface area contributed by atoms with E-state index < -0.39 is 0 Å². The molecule has 5 nitrogen and oxygen atoms in total. The SMILES string of the molecule is CN=C1Nc2nc(SC)sc2Cc2sc(SC)nc2N1. The van der Waals surface area contributed by atoms with Gasteiger partial charge in [-0.1, -0.05) is 23.5 Å². The zero-order chi connectivity index (χ0) is 14.1. The summed E-state index contributed by atoms with van der Waals surface area (Å²) in [7, 11) is 1.75. The lowest BCUT2D eigenvalue weighted by Gasteiger charge is -2.13. The van der Waals surface area contributed by atoms with Gasteiger partial charge in [0.1, 0.15) is 11.6 Å². The summed E-state index contributed by atoms with van der Waals surface area (Å²) < 4.78 is 2.13. The van der Waals surface area contributed by atoms with E-state index in [0.717, 1.165) is 26.7 Å². The van der Waals surface area contributed by atoms with Crippen LogP contribution in [0.4, 0.5) is 11.6 Å². The highest BCUT2D eigenvalue weighted by Gasteiger charge is 2.21. The molecular weight excluding hydrogens is 330 g/mol. The zero-order valence-electron chi connectivity index (χ0n) is 11.2. The summed E-state index contributed by atoms with van der Waals surface area (Å²) in [6.45, 7) is 0. The van der Waals surface area contributed by atoms with E-state index in [-0.39, 0.29) is 0 Å².